The molecular formula is C18H22Cl2N2O2. The van der Waals surface area contributed by atoms with Crippen molar-refractivity contribution in [3.05, 3.63) is 58.6 Å². The van der Waals surface area contributed by atoms with Crippen LogP contribution in [0.2, 0.25) is 5.02 Å². The van der Waals surface area contributed by atoms with Gasteiger partial charge in [0.2, 0.25) is 5.91 Å². The van der Waals surface area contributed by atoms with Crippen LogP contribution in [0.15, 0.2) is 42.5 Å². The van der Waals surface area contributed by atoms with E-state index in [1.165, 1.54) is 0 Å². The average Bonchev–Trinajstić information content (AvgIpc) is 2.54. The molecule has 1 unspecified atom stereocenters. The summed E-state index contributed by atoms with van der Waals surface area (Å²) in [5, 5.41) is 3.57. The molecule has 0 saturated heterocycles. The zero-order chi connectivity index (χ0) is 16.8. The fourth-order valence-corrected chi connectivity index (χ4v) is 2.24. The van der Waals surface area contributed by atoms with Crippen molar-refractivity contribution >= 4 is 35.6 Å². The molecule has 0 fully saturated rings. The van der Waals surface area contributed by atoms with Gasteiger partial charge < -0.3 is 15.8 Å². The van der Waals surface area contributed by atoms with E-state index in [4.69, 9.17) is 22.1 Å². The molecule has 4 nitrogen and oxygen atoms in total. The lowest BCUT2D eigenvalue weighted by molar-refractivity contribution is -0.119. The van der Waals surface area contributed by atoms with Crippen LogP contribution in [-0.2, 0) is 11.4 Å². The molecule has 6 heteroatoms. The standard InChI is InChI=1S/C18H21ClN2O2.ClH/c1-12-8-16(23-11-14-4-3-5-15(19)9-14)6-7-17(12)21-18(22)13(2)10-20;/h3-9,13H,10-11,20H2,1-2H3,(H,21,22);1H. The van der Waals surface area contributed by atoms with Crippen LogP contribution in [0.4, 0.5) is 5.69 Å². The number of halogens is 2. The van der Waals surface area contributed by atoms with Crippen molar-refractivity contribution in [1.29, 1.82) is 0 Å². The molecule has 0 heterocycles. The fraction of sp³-hybridized carbons (Fsp3) is 0.278. The molecule has 2 rings (SSSR count). The SMILES string of the molecule is Cc1cc(OCc2cccc(Cl)c2)ccc1NC(=O)C(C)CN.Cl. The van der Waals surface area contributed by atoms with Crippen molar-refractivity contribution in [3.8, 4) is 5.75 Å². The molecule has 0 radical (unpaired) electrons. The highest BCUT2D eigenvalue weighted by Crippen LogP contribution is 2.23. The zero-order valence-corrected chi connectivity index (χ0v) is 15.3. The van der Waals surface area contributed by atoms with Crippen molar-refractivity contribution < 1.29 is 9.53 Å². The van der Waals surface area contributed by atoms with Crippen LogP contribution < -0.4 is 15.8 Å². The molecule has 24 heavy (non-hydrogen) atoms. The first kappa shape index (κ1) is 20.3. The summed E-state index contributed by atoms with van der Waals surface area (Å²) in [5.74, 6) is 0.448. The Balaban J connectivity index is 0.00000288. The van der Waals surface area contributed by atoms with Gasteiger partial charge in [-0.2, -0.15) is 0 Å². The second kappa shape index (κ2) is 9.52. The molecule has 130 valence electrons. The highest BCUT2D eigenvalue weighted by atomic mass is 35.5. The van der Waals surface area contributed by atoms with E-state index in [0.29, 0.717) is 18.2 Å². The lowest BCUT2D eigenvalue weighted by Gasteiger charge is -2.13. The van der Waals surface area contributed by atoms with Crippen molar-refractivity contribution in [3.63, 3.8) is 0 Å². The van der Waals surface area contributed by atoms with Gasteiger partial charge in [-0.15, -0.1) is 12.4 Å². The fourth-order valence-electron chi connectivity index (χ4n) is 2.02. The second-order valence-corrected chi connectivity index (χ2v) is 5.96. The number of aryl methyl sites for hydroxylation is 1. The van der Waals surface area contributed by atoms with Gasteiger partial charge >= 0.3 is 0 Å². The number of nitrogens with two attached hydrogens (primary N) is 1. The Morgan fingerprint density at radius 2 is 2.04 bits per heavy atom. The third-order valence-electron chi connectivity index (χ3n) is 3.55. The molecular weight excluding hydrogens is 347 g/mol. The van der Waals surface area contributed by atoms with Crippen LogP contribution in [0.1, 0.15) is 18.1 Å². The van der Waals surface area contributed by atoms with Crippen LogP contribution in [0.3, 0.4) is 0 Å². The van der Waals surface area contributed by atoms with E-state index in [1.54, 1.807) is 6.92 Å². The number of anilines is 1. The predicted molar refractivity (Wildman–Crippen MR) is 101 cm³/mol. The number of amides is 1. The van der Waals surface area contributed by atoms with E-state index in [-0.39, 0.29) is 24.2 Å². The first-order chi connectivity index (χ1) is 11.0. The number of carbonyl (C=O) groups excluding carboxylic acids is 1. The summed E-state index contributed by atoms with van der Waals surface area (Å²) in [4.78, 5) is 11.9. The van der Waals surface area contributed by atoms with Crippen LogP contribution >= 0.6 is 24.0 Å². The van der Waals surface area contributed by atoms with E-state index in [0.717, 1.165) is 22.6 Å². The number of nitrogens with one attached hydrogen (secondary N) is 1. The topological polar surface area (TPSA) is 64.3 Å². The summed E-state index contributed by atoms with van der Waals surface area (Å²) < 4.78 is 5.77. The van der Waals surface area contributed by atoms with Gasteiger partial charge in [-0.05, 0) is 48.4 Å². The molecule has 0 aromatic heterocycles. The van der Waals surface area contributed by atoms with Gasteiger partial charge in [-0.25, -0.2) is 0 Å². The van der Waals surface area contributed by atoms with E-state index in [2.05, 4.69) is 5.32 Å². The summed E-state index contributed by atoms with van der Waals surface area (Å²) in [5.41, 5.74) is 8.21. The maximum absolute atomic E-state index is 11.9. The molecule has 1 atom stereocenters. The van der Waals surface area contributed by atoms with Crippen molar-refractivity contribution in [2.75, 3.05) is 11.9 Å². The molecule has 2 aromatic rings. The van der Waals surface area contributed by atoms with Crippen molar-refractivity contribution in [1.82, 2.24) is 0 Å². The molecule has 3 N–H and O–H groups in total. The van der Waals surface area contributed by atoms with Gasteiger partial charge in [0.1, 0.15) is 12.4 Å². The van der Waals surface area contributed by atoms with Gasteiger partial charge in [-0.1, -0.05) is 30.7 Å². The quantitative estimate of drug-likeness (QED) is 0.803. The number of benzene rings is 2. The summed E-state index contributed by atoms with van der Waals surface area (Å²) in [7, 11) is 0. The number of hydrogen-bond donors (Lipinski definition) is 2. The molecule has 0 aliphatic rings. The first-order valence-corrected chi connectivity index (χ1v) is 7.86. The largest absolute Gasteiger partial charge is 0.489 e. The van der Waals surface area contributed by atoms with Crippen LogP contribution in [0.5, 0.6) is 5.75 Å². The Morgan fingerprint density at radius 1 is 1.29 bits per heavy atom. The van der Waals surface area contributed by atoms with E-state index in [9.17, 15) is 4.79 Å². The molecule has 0 saturated carbocycles. The van der Waals surface area contributed by atoms with Crippen molar-refractivity contribution in [2.24, 2.45) is 11.7 Å². The number of hydrogen-bond acceptors (Lipinski definition) is 3. The Morgan fingerprint density at radius 3 is 2.67 bits per heavy atom. The van der Waals surface area contributed by atoms with Gasteiger partial charge in [0.15, 0.2) is 0 Å². The second-order valence-electron chi connectivity index (χ2n) is 5.52. The molecule has 0 aliphatic heterocycles. The van der Waals surface area contributed by atoms with Gasteiger partial charge in [0.05, 0.1) is 0 Å². The Labute approximate surface area is 153 Å². The number of carbonyl (C=O) groups is 1. The highest BCUT2D eigenvalue weighted by molar-refractivity contribution is 6.30. The van der Waals surface area contributed by atoms with Crippen LogP contribution in [0, 0.1) is 12.8 Å². The normalized spacial score (nSPS) is 11.3. The highest BCUT2D eigenvalue weighted by Gasteiger charge is 2.12. The monoisotopic (exact) mass is 368 g/mol. The minimum absolute atomic E-state index is 0. The van der Waals surface area contributed by atoms with Crippen molar-refractivity contribution in [2.45, 2.75) is 20.5 Å². The minimum atomic E-state index is -0.215. The smallest absolute Gasteiger partial charge is 0.228 e. The number of rotatable bonds is 6. The molecule has 1 amide bonds. The zero-order valence-electron chi connectivity index (χ0n) is 13.7. The average molecular weight is 369 g/mol. The van der Waals surface area contributed by atoms with Gasteiger partial charge in [0.25, 0.3) is 0 Å². The summed E-state index contributed by atoms with van der Waals surface area (Å²) in [6.45, 7) is 4.49. The lowest BCUT2D eigenvalue weighted by Crippen LogP contribution is -2.26. The first-order valence-electron chi connectivity index (χ1n) is 7.48. The maximum atomic E-state index is 11.9. The third kappa shape index (κ3) is 5.71. The Bertz CT molecular complexity index is 692. The summed E-state index contributed by atoms with van der Waals surface area (Å²) >= 11 is 5.95. The van der Waals surface area contributed by atoms with E-state index < -0.39 is 0 Å². The lowest BCUT2D eigenvalue weighted by atomic mass is 10.1. The number of ether oxygens (including phenoxy) is 1. The third-order valence-corrected chi connectivity index (χ3v) is 3.79. The van der Waals surface area contributed by atoms with Crippen LogP contribution in [-0.4, -0.2) is 12.5 Å². The summed E-state index contributed by atoms with van der Waals surface area (Å²) in [6, 6.07) is 13.1. The molecule has 0 spiro atoms. The van der Waals surface area contributed by atoms with E-state index in [1.807, 2.05) is 49.4 Å². The minimum Gasteiger partial charge on any atom is -0.489 e. The maximum Gasteiger partial charge on any atom is 0.228 e. The van der Waals surface area contributed by atoms with Gasteiger partial charge in [-0.3, -0.25) is 4.79 Å². The van der Waals surface area contributed by atoms with Crippen LogP contribution in [0.25, 0.3) is 0 Å². The Hall–Kier alpha value is -1.75. The van der Waals surface area contributed by atoms with E-state index >= 15 is 0 Å². The summed E-state index contributed by atoms with van der Waals surface area (Å²) in [6.07, 6.45) is 0. The Kier molecular flexibility index (Phi) is 8.05. The van der Waals surface area contributed by atoms with Gasteiger partial charge in [0, 0.05) is 23.2 Å². The predicted octanol–water partition coefficient (Wildman–Crippen LogP) is 4.18. The molecule has 0 bridgehead atoms. The molecule has 0 aliphatic carbocycles. The molecule has 2 aromatic carbocycles.